The van der Waals surface area contributed by atoms with Gasteiger partial charge in [-0.2, -0.15) is 0 Å². The van der Waals surface area contributed by atoms with Crippen molar-refractivity contribution in [3.8, 4) is 0 Å². The van der Waals surface area contributed by atoms with Gasteiger partial charge in [-0.15, -0.1) is 0 Å². The third-order valence-corrected chi connectivity index (χ3v) is 6.81. The van der Waals surface area contributed by atoms with E-state index in [1.54, 1.807) is 0 Å². The summed E-state index contributed by atoms with van der Waals surface area (Å²) in [4.78, 5) is 9.78. The zero-order chi connectivity index (χ0) is 24.2. The molecule has 0 amide bonds. The van der Waals surface area contributed by atoms with E-state index < -0.39 is 0 Å². The second kappa shape index (κ2) is 14.6. The van der Waals surface area contributed by atoms with Crippen LogP contribution in [0.15, 0.2) is 60.7 Å². The average Bonchev–Trinajstić information content (AvgIpc) is 2.86. The van der Waals surface area contributed by atoms with Crippen LogP contribution in [0, 0.1) is 0 Å². The molecule has 34 heavy (non-hydrogen) atoms. The summed E-state index contributed by atoms with van der Waals surface area (Å²) in [6, 6.07) is 22.4. The molecule has 0 unspecified atom stereocenters. The minimum Gasteiger partial charge on any atom is -0.378 e. The van der Waals surface area contributed by atoms with E-state index in [2.05, 4.69) is 108 Å². The molecule has 0 aliphatic carbocycles. The molecule has 1 fully saturated rings. The first-order chi connectivity index (χ1) is 16.6. The van der Waals surface area contributed by atoms with E-state index in [1.807, 2.05) is 0 Å². The Labute approximate surface area is 207 Å². The fourth-order valence-corrected chi connectivity index (χ4v) is 4.58. The molecule has 0 spiro atoms. The summed E-state index contributed by atoms with van der Waals surface area (Å²) < 4.78 is 11.6. The second-order valence-corrected chi connectivity index (χ2v) is 9.50. The Morgan fingerprint density at radius 3 is 1.26 bits per heavy atom. The lowest BCUT2D eigenvalue weighted by molar-refractivity contribution is 0.0301. The monoisotopic (exact) mass is 468 g/mol. The second-order valence-electron chi connectivity index (χ2n) is 9.50. The lowest BCUT2D eigenvalue weighted by atomic mass is 9.91. The standard InChI is InChI=1S/C28H44N4O2/c1-29-15-17-31(3)27(25-11-7-5-8-12-25)28(26-13-9-6-10-14-26)32(4)18-16-30(2)20-22-34-24-23-33-21-19-29/h5-14,27-28H,15-24H2,1-4H3/t27-,28-/m1/s1. The van der Waals surface area contributed by atoms with Crippen molar-refractivity contribution in [3.63, 3.8) is 0 Å². The van der Waals surface area contributed by atoms with Gasteiger partial charge >= 0.3 is 0 Å². The number of nitrogens with zero attached hydrogens (tertiary/aromatic N) is 4. The van der Waals surface area contributed by atoms with E-state index in [1.165, 1.54) is 11.1 Å². The topological polar surface area (TPSA) is 31.4 Å². The van der Waals surface area contributed by atoms with Gasteiger partial charge in [0.05, 0.1) is 38.5 Å². The summed E-state index contributed by atoms with van der Waals surface area (Å²) in [7, 11) is 8.90. The molecule has 1 aliphatic rings. The van der Waals surface area contributed by atoms with Gasteiger partial charge in [-0.25, -0.2) is 0 Å². The predicted octanol–water partition coefficient (Wildman–Crippen LogP) is 3.24. The van der Waals surface area contributed by atoms with Gasteiger partial charge in [0.2, 0.25) is 0 Å². The number of hydrogen-bond donors (Lipinski definition) is 0. The summed E-state index contributed by atoms with van der Waals surface area (Å²) in [6.07, 6.45) is 0. The maximum Gasteiger partial charge on any atom is 0.0701 e. The van der Waals surface area contributed by atoms with E-state index >= 15 is 0 Å². The zero-order valence-corrected chi connectivity index (χ0v) is 21.6. The van der Waals surface area contributed by atoms with E-state index in [-0.39, 0.29) is 12.1 Å². The average molecular weight is 469 g/mol. The van der Waals surface area contributed by atoms with Crippen LogP contribution in [0.4, 0.5) is 0 Å². The van der Waals surface area contributed by atoms with Gasteiger partial charge in [0.15, 0.2) is 0 Å². The van der Waals surface area contributed by atoms with E-state index in [9.17, 15) is 0 Å². The Kier molecular flexibility index (Phi) is 11.5. The van der Waals surface area contributed by atoms with Crippen molar-refractivity contribution in [2.75, 3.05) is 93.9 Å². The Bertz CT molecular complexity index is 724. The predicted molar refractivity (Wildman–Crippen MR) is 140 cm³/mol. The van der Waals surface area contributed by atoms with Crippen LogP contribution in [0.3, 0.4) is 0 Å². The molecule has 0 radical (unpaired) electrons. The summed E-state index contributed by atoms with van der Waals surface area (Å²) in [5.41, 5.74) is 2.71. The van der Waals surface area contributed by atoms with Gasteiger partial charge in [0.1, 0.15) is 0 Å². The van der Waals surface area contributed by atoms with Gasteiger partial charge < -0.3 is 19.3 Å². The van der Waals surface area contributed by atoms with Gasteiger partial charge in [-0.05, 0) is 39.3 Å². The summed E-state index contributed by atoms with van der Waals surface area (Å²) >= 11 is 0. The van der Waals surface area contributed by atoms with Crippen LogP contribution in [0.1, 0.15) is 23.2 Å². The number of likely N-dealkylation sites (N-methyl/N-ethyl adjacent to an activating group) is 4. The van der Waals surface area contributed by atoms with Crippen molar-refractivity contribution >= 4 is 0 Å². The highest BCUT2D eigenvalue weighted by Crippen LogP contribution is 2.37. The Morgan fingerprint density at radius 1 is 0.500 bits per heavy atom. The van der Waals surface area contributed by atoms with Gasteiger partial charge in [-0.1, -0.05) is 60.7 Å². The molecule has 2 aromatic rings. The van der Waals surface area contributed by atoms with Crippen molar-refractivity contribution in [3.05, 3.63) is 71.8 Å². The van der Waals surface area contributed by atoms with Crippen LogP contribution < -0.4 is 0 Å². The lowest BCUT2D eigenvalue weighted by Gasteiger charge is -2.41. The molecule has 0 N–H and O–H groups in total. The van der Waals surface area contributed by atoms with Crippen molar-refractivity contribution in [2.24, 2.45) is 0 Å². The third-order valence-electron chi connectivity index (χ3n) is 6.81. The highest BCUT2D eigenvalue weighted by Gasteiger charge is 2.31. The molecule has 6 heteroatoms. The van der Waals surface area contributed by atoms with E-state index in [0.29, 0.717) is 13.2 Å². The molecule has 2 atom stereocenters. The largest absolute Gasteiger partial charge is 0.378 e. The summed E-state index contributed by atoms with van der Waals surface area (Å²) in [5.74, 6) is 0. The Balaban J connectivity index is 1.89. The molecule has 3 rings (SSSR count). The molecule has 188 valence electrons. The fraction of sp³-hybridized carbons (Fsp3) is 0.571. The normalized spacial score (nSPS) is 24.9. The molecule has 0 saturated carbocycles. The SMILES string of the molecule is CN1CCOCCOCCN(C)CCN(C)[C@H](c2ccccc2)[C@@H](c2ccccc2)N(C)CC1. The van der Waals surface area contributed by atoms with Crippen molar-refractivity contribution in [1.29, 1.82) is 0 Å². The molecule has 1 aliphatic heterocycles. The van der Waals surface area contributed by atoms with Crippen LogP contribution >= 0.6 is 0 Å². The highest BCUT2D eigenvalue weighted by molar-refractivity contribution is 5.28. The molecule has 1 heterocycles. The lowest BCUT2D eigenvalue weighted by Crippen LogP contribution is -2.43. The molecule has 1 saturated heterocycles. The summed E-state index contributed by atoms with van der Waals surface area (Å²) in [5, 5.41) is 0. The molecular formula is C28H44N4O2. The number of benzene rings is 2. The smallest absolute Gasteiger partial charge is 0.0701 e. The maximum absolute atomic E-state index is 5.78. The summed E-state index contributed by atoms with van der Waals surface area (Å²) in [6.45, 7) is 8.60. The van der Waals surface area contributed by atoms with E-state index in [0.717, 1.165) is 52.5 Å². The third kappa shape index (κ3) is 8.45. The quantitative estimate of drug-likeness (QED) is 0.673. The highest BCUT2D eigenvalue weighted by atomic mass is 16.5. The van der Waals surface area contributed by atoms with Crippen LogP contribution in [0.5, 0.6) is 0 Å². The van der Waals surface area contributed by atoms with Gasteiger partial charge in [0.25, 0.3) is 0 Å². The van der Waals surface area contributed by atoms with Crippen LogP contribution in [-0.4, -0.2) is 113 Å². The van der Waals surface area contributed by atoms with Gasteiger partial charge in [-0.3, -0.25) is 9.80 Å². The Morgan fingerprint density at radius 2 is 0.882 bits per heavy atom. The van der Waals surface area contributed by atoms with Crippen molar-refractivity contribution < 1.29 is 9.47 Å². The fourth-order valence-electron chi connectivity index (χ4n) is 4.58. The van der Waals surface area contributed by atoms with Crippen LogP contribution in [0.25, 0.3) is 0 Å². The number of rotatable bonds is 2. The van der Waals surface area contributed by atoms with Crippen molar-refractivity contribution in [1.82, 2.24) is 19.6 Å². The van der Waals surface area contributed by atoms with Crippen molar-refractivity contribution in [2.45, 2.75) is 12.1 Å². The molecule has 2 aromatic carbocycles. The molecule has 0 aromatic heterocycles. The van der Waals surface area contributed by atoms with Gasteiger partial charge in [0, 0.05) is 39.3 Å². The first kappa shape index (κ1) is 26.8. The van der Waals surface area contributed by atoms with Crippen LogP contribution in [-0.2, 0) is 9.47 Å². The molecular weight excluding hydrogens is 424 g/mol. The minimum atomic E-state index is 0.241. The number of hydrogen-bond acceptors (Lipinski definition) is 6. The minimum absolute atomic E-state index is 0.241. The maximum atomic E-state index is 5.78. The van der Waals surface area contributed by atoms with Crippen LogP contribution in [0.2, 0.25) is 0 Å². The zero-order valence-electron chi connectivity index (χ0n) is 21.6. The molecule has 0 bridgehead atoms. The molecule has 6 nitrogen and oxygen atoms in total. The first-order valence-corrected chi connectivity index (χ1v) is 12.6. The van der Waals surface area contributed by atoms with E-state index in [4.69, 9.17) is 9.47 Å². The number of ether oxygens (including phenoxy) is 2. The Hall–Kier alpha value is -1.80. The first-order valence-electron chi connectivity index (χ1n) is 12.6.